The van der Waals surface area contributed by atoms with Crippen LogP contribution in [-0.2, 0) is 6.54 Å². The third-order valence-electron chi connectivity index (χ3n) is 1.59. The van der Waals surface area contributed by atoms with Gasteiger partial charge in [0.05, 0.1) is 5.25 Å². The molecule has 0 bridgehead atoms. The second-order valence-corrected chi connectivity index (χ2v) is 2.81. The Hall–Kier alpha value is -0.510. The number of fused-ring (bicyclic) bond motifs is 1. The maximum Gasteiger partial charge on any atom is 0.145 e. The van der Waals surface area contributed by atoms with Crippen molar-refractivity contribution in [2.45, 2.75) is 18.2 Å². The highest BCUT2D eigenvalue weighted by atomic mass is 32.1. The fourth-order valence-corrected chi connectivity index (χ4v) is 1.40. The van der Waals surface area contributed by atoms with Crippen LogP contribution >= 0.6 is 12.6 Å². The minimum atomic E-state index is 0.312. The lowest BCUT2D eigenvalue weighted by Crippen LogP contribution is -1.88. The van der Waals surface area contributed by atoms with E-state index in [4.69, 9.17) is 0 Å². The zero-order valence-corrected chi connectivity index (χ0v) is 5.75. The van der Waals surface area contributed by atoms with E-state index in [1.165, 1.54) is 0 Å². The molecule has 0 amide bonds. The lowest BCUT2D eigenvalue weighted by Gasteiger charge is -1.91. The summed E-state index contributed by atoms with van der Waals surface area (Å²) in [5.41, 5.74) is 0. The van der Waals surface area contributed by atoms with Gasteiger partial charge in [0.25, 0.3) is 0 Å². The molecule has 1 aromatic rings. The molecule has 3 nitrogen and oxygen atoms in total. The molecule has 1 atom stereocenters. The quantitative estimate of drug-likeness (QED) is 0.538. The number of aryl methyl sites for hydroxylation is 1. The van der Waals surface area contributed by atoms with Gasteiger partial charge in [-0.05, 0) is 6.42 Å². The molecule has 1 aromatic heterocycles. The second-order valence-electron chi connectivity index (χ2n) is 2.19. The van der Waals surface area contributed by atoms with Gasteiger partial charge in [-0.15, -0.1) is 10.2 Å². The van der Waals surface area contributed by atoms with Crippen molar-refractivity contribution in [3.8, 4) is 0 Å². The summed E-state index contributed by atoms with van der Waals surface area (Å²) in [5, 5.41) is 7.99. The Morgan fingerprint density at radius 3 is 3.44 bits per heavy atom. The monoisotopic (exact) mass is 141 g/mol. The van der Waals surface area contributed by atoms with Gasteiger partial charge in [0, 0.05) is 6.54 Å². The summed E-state index contributed by atoms with van der Waals surface area (Å²) in [4.78, 5) is 0. The summed E-state index contributed by atoms with van der Waals surface area (Å²) < 4.78 is 2.04. The zero-order chi connectivity index (χ0) is 6.27. The van der Waals surface area contributed by atoms with Gasteiger partial charge in [-0.25, -0.2) is 0 Å². The number of nitrogens with zero attached hydrogens (tertiary/aromatic N) is 3. The Bertz CT molecular complexity index is 220. The Kier molecular flexibility index (Phi) is 1.02. The summed E-state index contributed by atoms with van der Waals surface area (Å²) in [6, 6.07) is 0. The Morgan fingerprint density at radius 1 is 1.78 bits per heavy atom. The number of thiol groups is 1. The lowest BCUT2D eigenvalue weighted by molar-refractivity contribution is 0.738. The van der Waals surface area contributed by atoms with Crippen LogP contribution < -0.4 is 0 Å². The largest absolute Gasteiger partial charge is 0.317 e. The predicted molar refractivity (Wildman–Crippen MR) is 36.4 cm³/mol. The topological polar surface area (TPSA) is 30.7 Å². The number of aromatic nitrogens is 3. The first-order valence-electron chi connectivity index (χ1n) is 2.93. The first-order chi connectivity index (χ1) is 4.38. The number of rotatable bonds is 0. The third-order valence-corrected chi connectivity index (χ3v) is 2.08. The third kappa shape index (κ3) is 0.660. The van der Waals surface area contributed by atoms with Crippen molar-refractivity contribution in [2.75, 3.05) is 0 Å². The van der Waals surface area contributed by atoms with Gasteiger partial charge in [0.1, 0.15) is 12.2 Å². The Morgan fingerprint density at radius 2 is 2.67 bits per heavy atom. The first-order valence-corrected chi connectivity index (χ1v) is 3.45. The molecule has 0 spiro atoms. The van der Waals surface area contributed by atoms with Crippen molar-refractivity contribution in [3.05, 3.63) is 12.2 Å². The highest BCUT2D eigenvalue weighted by molar-refractivity contribution is 7.80. The van der Waals surface area contributed by atoms with E-state index in [0.29, 0.717) is 5.25 Å². The van der Waals surface area contributed by atoms with E-state index < -0.39 is 0 Å². The average molecular weight is 141 g/mol. The lowest BCUT2D eigenvalue weighted by atomic mass is 10.3. The van der Waals surface area contributed by atoms with Gasteiger partial charge >= 0.3 is 0 Å². The van der Waals surface area contributed by atoms with Crippen LogP contribution in [0.15, 0.2) is 6.33 Å². The standard InChI is InChI=1S/C5H7N3S/c9-4-1-2-8-3-6-7-5(4)8/h3-4,9H,1-2H2. The van der Waals surface area contributed by atoms with Gasteiger partial charge < -0.3 is 4.57 Å². The van der Waals surface area contributed by atoms with Crippen LogP contribution in [0.3, 0.4) is 0 Å². The van der Waals surface area contributed by atoms with Crippen molar-refractivity contribution in [2.24, 2.45) is 0 Å². The van der Waals surface area contributed by atoms with E-state index in [9.17, 15) is 0 Å². The molecule has 1 aliphatic rings. The summed E-state index contributed by atoms with van der Waals surface area (Å²) in [6.07, 6.45) is 2.85. The predicted octanol–water partition coefficient (Wildman–Crippen LogP) is 0.653. The average Bonchev–Trinajstić information content (AvgIpc) is 2.35. The van der Waals surface area contributed by atoms with Crippen LogP contribution in [0, 0.1) is 0 Å². The van der Waals surface area contributed by atoms with Crippen molar-refractivity contribution < 1.29 is 0 Å². The summed E-state index contributed by atoms with van der Waals surface area (Å²) in [5.74, 6) is 1.01. The molecule has 2 heterocycles. The number of hydrogen-bond donors (Lipinski definition) is 1. The van der Waals surface area contributed by atoms with Crippen LogP contribution in [0.4, 0.5) is 0 Å². The SMILES string of the molecule is SC1CCn2cnnc21. The molecular formula is C5H7N3S. The molecule has 0 saturated heterocycles. The molecule has 2 rings (SSSR count). The van der Waals surface area contributed by atoms with E-state index in [2.05, 4.69) is 22.8 Å². The molecule has 0 radical (unpaired) electrons. The van der Waals surface area contributed by atoms with E-state index in [-0.39, 0.29) is 0 Å². The molecule has 0 saturated carbocycles. The fourth-order valence-electron chi connectivity index (χ4n) is 1.08. The summed E-state index contributed by atoms with van der Waals surface area (Å²) in [6.45, 7) is 1.02. The Labute approximate surface area is 58.5 Å². The van der Waals surface area contributed by atoms with Crippen LogP contribution in [0.5, 0.6) is 0 Å². The van der Waals surface area contributed by atoms with E-state index >= 15 is 0 Å². The molecule has 9 heavy (non-hydrogen) atoms. The molecule has 0 N–H and O–H groups in total. The molecule has 0 fully saturated rings. The van der Waals surface area contributed by atoms with Crippen molar-refractivity contribution in [3.63, 3.8) is 0 Å². The summed E-state index contributed by atoms with van der Waals surface area (Å²) in [7, 11) is 0. The van der Waals surface area contributed by atoms with Crippen LogP contribution in [-0.4, -0.2) is 14.8 Å². The molecule has 1 aliphatic heterocycles. The Balaban J connectivity index is 2.49. The van der Waals surface area contributed by atoms with Crippen molar-refractivity contribution in [1.29, 1.82) is 0 Å². The van der Waals surface area contributed by atoms with Gasteiger partial charge in [0.2, 0.25) is 0 Å². The second kappa shape index (κ2) is 1.73. The van der Waals surface area contributed by atoms with E-state index in [0.717, 1.165) is 18.8 Å². The zero-order valence-electron chi connectivity index (χ0n) is 4.86. The van der Waals surface area contributed by atoms with Gasteiger partial charge in [-0.2, -0.15) is 12.6 Å². The van der Waals surface area contributed by atoms with Crippen molar-refractivity contribution >= 4 is 12.6 Å². The molecule has 0 aliphatic carbocycles. The molecule has 1 unspecified atom stereocenters. The van der Waals surface area contributed by atoms with Gasteiger partial charge in [0.15, 0.2) is 0 Å². The van der Waals surface area contributed by atoms with Crippen LogP contribution in [0.25, 0.3) is 0 Å². The van der Waals surface area contributed by atoms with Gasteiger partial charge in [-0.1, -0.05) is 0 Å². The molecule has 48 valence electrons. The molecule has 0 aromatic carbocycles. The normalized spacial score (nSPS) is 24.3. The number of hydrogen-bond acceptors (Lipinski definition) is 3. The highest BCUT2D eigenvalue weighted by Gasteiger charge is 2.20. The maximum absolute atomic E-state index is 4.31. The van der Waals surface area contributed by atoms with E-state index in [1.54, 1.807) is 6.33 Å². The summed E-state index contributed by atoms with van der Waals surface area (Å²) >= 11 is 4.31. The van der Waals surface area contributed by atoms with Crippen LogP contribution in [0.1, 0.15) is 17.5 Å². The minimum absolute atomic E-state index is 0.312. The van der Waals surface area contributed by atoms with Crippen LogP contribution in [0.2, 0.25) is 0 Å². The maximum atomic E-state index is 4.31. The first kappa shape index (κ1) is 5.29. The molecule has 4 heteroatoms. The smallest absolute Gasteiger partial charge is 0.145 e. The van der Waals surface area contributed by atoms with Crippen molar-refractivity contribution in [1.82, 2.24) is 14.8 Å². The van der Waals surface area contributed by atoms with E-state index in [1.807, 2.05) is 4.57 Å². The van der Waals surface area contributed by atoms with Gasteiger partial charge in [-0.3, -0.25) is 0 Å². The molecular weight excluding hydrogens is 134 g/mol. The fraction of sp³-hybridized carbons (Fsp3) is 0.600. The highest BCUT2D eigenvalue weighted by Crippen LogP contribution is 2.27. The minimum Gasteiger partial charge on any atom is -0.317 e.